The predicted octanol–water partition coefficient (Wildman–Crippen LogP) is 0.168. The van der Waals surface area contributed by atoms with Gasteiger partial charge in [-0.2, -0.15) is 19.8 Å². The van der Waals surface area contributed by atoms with Gasteiger partial charge in [-0.05, 0) is 12.8 Å². The van der Waals surface area contributed by atoms with Gasteiger partial charge in [-0.15, -0.1) is 0 Å². The summed E-state index contributed by atoms with van der Waals surface area (Å²) >= 11 is 0. The average molecular weight is 396 g/mol. The van der Waals surface area contributed by atoms with Crippen LogP contribution in [0.3, 0.4) is 0 Å². The molecule has 0 unspecified atom stereocenters. The third-order valence-electron chi connectivity index (χ3n) is 3.96. The second kappa shape index (κ2) is 7.48. The Morgan fingerprint density at radius 2 is 1.89 bits per heavy atom. The van der Waals surface area contributed by atoms with Crippen LogP contribution in [0.4, 0.5) is 5.95 Å². The van der Waals surface area contributed by atoms with E-state index in [1.807, 2.05) is 0 Å². The number of Topliss-reactive ketones (excluding diaryl/α,β-unsaturated/α-hetero) is 1. The minimum atomic E-state index is -3.98. The van der Waals surface area contributed by atoms with Crippen molar-refractivity contribution in [1.29, 1.82) is 0 Å². The number of carbonyl (C=O) groups is 1. The van der Waals surface area contributed by atoms with Gasteiger partial charge in [0.15, 0.2) is 10.8 Å². The van der Waals surface area contributed by atoms with Gasteiger partial charge in [0.2, 0.25) is 17.7 Å². The van der Waals surface area contributed by atoms with E-state index < -0.39 is 10.0 Å². The Hall–Kier alpha value is -2.73. The van der Waals surface area contributed by atoms with E-state index in [-0.39, 0.29) is 46.7 Å². The molecule has 2 heterocycles. The van der Waals surface area contributed by atoms with Crippen LogP contribution in [-0.4, -0.2) is 54.8 Å². The van der Waals surface area contributed by atoms with E-state index in [1.54, 1.807) is 0 Å². The first-order valence-corrected chi connectivity index (χ1v) is 9.61. The van der Waals surface area contributed by atoms with E-state index in [2.05, 4.69) is 25.1 Å². The van der Waals surface area contributed by atoms with Crippen molar-refractivity contribution in [2.24, 2.45) is 13.0 Å². The molecule has 1 aliphatic carbocycles. The average Bonchev–Trinajstić information content (AvgIpc) is 3.42. The van der Waals surface area contributed by atoms with Crippen LogP contribution < -0.4 is 19.5 Å². The maximum Gasteiger partial charge on any atom is 0.259 e. The first-order chi connectivity index (χ1) is 12.9. The Labute approximate surface area is 156 Å². The number of rotatable bonds is 9. The Morgan fingerprint density at radius 1 is 1.26 bits per heavy atom. The van der Waals surface area contributed by atoms with Gasteiger partial charge in [-0.25, -0.2) is 8.42 Å². The molecule has 146 valence electrons. The fourth-order valence-corrected chi connectivity index (χ4v) is 3.69. The number of nitrogens with zero attached hydrogens (tertiary/aromatic N) is 4. The monoisotopic (exact) mass is 396 g/mol. The Balaban J connectivity index is 1.73. The summed E-state index contributed by atoms with van der Waals surface area (Å²) in [7, 11) is 0.372. The number of ketones is 1. The number of aryl methyl sites for hydroxylation is 1. The summed E-state index contributed by atoms with van der Waals surface area (Å²) in [5, 5.41) is 6.49. The van der Waals surface area contributed by atoms with Crippen LogP contribution >= 0.6 is 0 Å². The number of hydrogen-bond acceptors (Lipinski definition) is 9. The van der Waals surface area contributed by atoms with Gasteiger partial charge in [-0.1, -0.05) is 0 Å². The molecule has 0 radical (unpaired) electrons. The fourth-order valence-electron chi connectivity index (χ4n) is 2.45. The number of hydrogen-bond donors (Lipinski definition) is 2. The van der Waals surface area contributed by atoms with Gasteiger partial charge in [0, 0.05) is 13.0 Å². The molecule has 0 saturated heterocycles. The molecule has 0 bridgehead atoms. The first-order valence-electron chi connectivity index (χ1n) is 8.12. The van der Waals surface area contributed by atoms with Gasteiger partial charge >= 0.3 is 0 Å². The molecule has 2 aromatic rings. The highest BCUT2D eigenvalue weighted by molar-refractivity contribution is 7.89. The number of methoxy groups -OCH3 is 2. The minimum Gasteiger partial charge on any atom is -0.481 e. The summed E-state index contributed by atoms with van der Waals surface area (Å²) in [6.45, 7) is -0.207. The molecule has 1 fully saturated rings. The van der Waals surface area contributed by atoms with Crippen LogP contribution in [0.5, 0.6) is 11.8 Å². The zero-order chi connectivity index (χ0) is 19.6. The van der Waals surface area contributed by atoms with Crippen LogP contribution in [0.15, 0.2) is 17.3 Å². The van der Waals surface area contributed by atoms with Crippen molar-refractivity contribution in [3.63, 3.8) is 0 Å². The van der Waals surface area contributed by atoms with E-state index in [0.29, 0.717) is 0 Å². The summed E-state index contributed by atoms with van der Waals surface area (Å²) in [4.78, 5) is 20.4. The SMILES string of the molecule is COc1cc(OC)nc(NCNS(=O)(=O)c2c(C(=O)C3CC3)cnn2C)n1. The van der Waals surface area contributed by atoms with Crippen LogP contribution in [0.25, 0.3) is 0 Å². The number of aromatic nitrogens is 4. The van der Waals surface area contributed by atoms with Crippen LogP contribution in [-0.2, 0) is 17.1 Å². The van der Waals surface area contributed by atoms with Crippen molar-refractivity contribution in [2.75, 3.05) is 26.2 Å². The van der Waals surface area contributed by atoms with E-state index in [9.17, 15) is 13.2 Å². The molecule has 3 rings (SSSR count). The van der Waals surface area contributed by atoms with Crippen molar-refractivity contribution >= 4 is 21.8 Å². The highest BCUT2D eigenvalue weighted by Crippen LogP contribution is 2.34. The van der Waals surface area contributed by atoms with Crippen molar-refractivity contribution in [2.45, 2.75) is 17.9 Å². The van der Waals surface area contributed by atoms with E-state index in [1.165, 1.54) is 38.2 Å². The van der Waals surface area contributed by atoms with Crippen molar-refractivity contribution in [3.05, 3.63) is 17.8 Å². The van der Waals surface area contributed by atoms with Gasteiger partial charge < -0.3 is 14.8 Å². The fraction of sp³-hybridized carbons (Fsp3) is 0.467. The first kappa shape index (κ1) is 19.0. The number of carbonyl (C=O) groups excluding carboxylic acids is 1. The number of ether oxygens (including phenoxy) is 2. The minimum absolute atomic E-state index is 0.104. The third-order valence-corrected chi connectivity index (χ3v) is 5.48. The molecule has 2 aromatic heterocycles. The summed E-state index contributed by atoms with van der Waals surface area (Å²) in [6, 6.07) is 1.49. The largest absolute Gasteiger partial charge is 0.481 e. The smallest absolute Gasteiger partial charge is 0.259 e. The highest BCUT2D eigenvalue weighted by Gasteiger charge is 2.36. The van der Waals surface area contributed by atoms with Crippen molar-refractivity contribution in [1.82, 2.24) is 24.5 Å². The molecule has 11 nitrogen and oxygen atoms in total. The summed E-state index contributed by atoms with van der Waals surface area (Å²) in [6.07, 6.45) is 2.84. The molecule has 0 aromatic carbocycles. The van der Waals surface area contributed by atoms with Gasteiger partial charge in [0.1, 0.15) is 0 Å². The quantitative estimate of drug-likeness (QED) is 0.449. The summed E-state index contributed by atoms with van der Waals surface area (Å²) in [5.41, 5.74) is 0.104. The molecule has 0 atom stereocenters. The van der Waals surface area contributed by atoms with Crippen LogP contribution in [0.2, 0.25) is 0 Å². The molecule has 1 aliphatic rings. The highest BCUT2D eigenvalue weighted by atomic mass is 32.2. The Morgan fingerprint density at radius 3 is 2.44 bits per heavy atom. The lowest BCUT2D eigenvalue weighted by Crippen LogP contribution is -2.32. The predicted molar refractivity (Wildman–Crippen MR) is 94.2 cm³/mol. The summed E-state index contributed by atoms with van der Waals surface area (Å²) in [5.74, 6) is 0.330. The molecule has 12 heteroatoms. The van der Waals surface area contributed by atoms with Gasteiger partial charge in [-0.3, -0.25) is 9.48 Å². The molecule has 27 heavy (non-hydrogen) atoms. The zero-order valence-corrected chi connectivity index (χ0v) is 15.9. The second-order valence-corrected chi connectivity index (χ2v) is 7.59. The topological polar surface area (TPSA) is 137 Å². The normalized spacial score (nSPS) is 14.0. The number of nitrogens with one attached hydrogen (secondary N) is 2. The standard InChI is InChI=1S/C15H20N6O5S/c1-21-14(10(7-17-21)13(22)9-4-5-9)27(23,24)18-8-16-15-19-11(25-2)6-12(20-15)26-3/h6-7,9,18H,4-5,8H2,1-3H3,(H,16,19,20). The summed E-state index contributed by atoms with van der Waals surface area (Å²) < 4.78 is 38.9. The van der Waals surface area contributed by atoms with Crippen molar-refractivity contribution < 1.29 is 22.7 Å². The lowest BCUT2D eigenvalue weighted by atomic mass is 10.1. The van der Waals surface area contributed by atoms with Gasteiger partial charge in [0.25, 0.3) is 10.0 Å². The Bertz CT molecular complexity index is 931. The van der Waals surface area contributed by atoms with Crippen LogP contribution in [0, 0.1) is 5.92 Å². The maximum atomic E-state index is 12.7. The van der Waals surface area contributed by atoms with E-state index >= 15 is 0 Å². The van der Waals surface area contributed by atoms with E-state index in [0.717, 1.165) is 12.8 Å². The number of sulfonamides is 1. The van der Waals surface area contributed by atoms with E-state index in [4.69, 9.17) is 9.47 Å². The molecule has 2 N–H and O–H groups in total. The molecule has 0 aliphatic heterocycles. The third kappa shape index (κ3) is 4.17. The molecular weight excluding hydrogens is 376 g/mol. The van der Waals surface area contributed by atoms with Crippen LogP contribution in [0.1, 0.15) is 23.2 Å². The maximum absolute atomic E-state index is 12.7. The Kier molecular flexibility index (Phi) is 5.28. The lowest BCUT2D eigenvalue weighted by molar-refractivity contribution is 0.0964. The zero-order valence-electron chi connectivity index (χ0n) is 15.1. The van der Waals surface area contributed by atoms with Gasteiger partial charge in [0.05, 0.1) is 38.7 Å². The molecule has 1 saturated carbocycles. The number of anilines is 1. The molecule has 0 spiro atoms. The second-order valence-electron chi connectivity index (χ2n) is 5.90. The molecule has 0 amide bonds. The lowest BCUT2D eigenvalue weighted by Gasteiger charge is -2.11. The van der Waals surface area contributed by atoms with Crippen molar-refractivity contribution in [3.8, 4) is 11.8 Å². The molecular formula is C15H20N6O5S.